The van der Waals surface area contributed by atoms with Crippen molar-refractivity contribution < 1.29 is 37.1 Å². The van der Waals surface area contributed by atoms with E-state index in [0.29, 0.717) is 12.8 Å². The zero-order chi connectivity index (χ0) is 22.8. The van der Waals surface area contributed by atoms with Gasteiger partial charge in [-0.2, -0.15) is 13.2 Å². The van der Waals surface area contributed by atoms with Gasteiger partial charge in [0, 0.05) is 12.7 Å². The average Bonchev–Trinajstić information content (AvgIpc) is 2.89. The summed E-state index contributed by atoms with van der Waals surface area (Å²) in [5.74, 6) is -2.15. The Hall–Kier alpha value is -3.11. The second kappa shape index (κ2) is 8.56. The van der Waals surface area contributed by atoms with Crippen molar-refractivity contribution in [3.05, 3.63) is 29.8 Å². The fourth-order valence-corrected chi connectivity index (χ4v) is 3.93. The Morgan fingerprint density at radius 2 is 1.71 bits per heavy atom. The highest BCUT2D eigenvalue weighted by Gasteiger charge is 2.56. The third-order valence-corrected chi connectivity index (χ3v) is 5.63. The van der Waals surface area contributed by atoms with Gasteiger partial charge >= 0.3 is 18.2 Å². The van der Waals surface area contributed by atoms with Crippen molar-refractivity contribution >= 4 is 29.5 Å². The minimum Gasteiger partial charge on any atom is -0.454 e. The lowest BCUT2D eigenvalue weighted by atomic mass is 9.81. The number of rotatable bonds is 5. The van der Waals surface area contributed by atoms with E-state index >= 15 is 0 Å². The predicted molar refractivity (Wildman–Crippen MR) is 102 cm³/mol. The molecule has 11 heteroatoms. The van der Waals surface area contributed by atoms with E-state index in [1.165, 1.54) is 11.9 Å². The van der Waals surface area contributed by atoms with E-state index in [0.717, 1.165) is 48.4 Å². The van der Waals surface area contributed by atoms with E-state index in [1.807, 2.05) is 0 Å². The number of ether oxygens (including phenoxy) is 1. The summed E-state index contributed by atoms with van der Waals surface area (Å²) in [5.41, 5.74) is -1.69. The minimum atomic E-state index is -4.49. The summed E-state index contributed by atoms with van der Waals surface area (Å²) in [6, 6.07) is 3.18. The predicted octanol–water partition coefficient (Wildman–Crippen LogP) is 2.78. The molecule has 8 nitrogen and oxygen atoms in total. The highest BCUT2D eigenvalue weighted by molar-refractivity contribution is 6.08. The number of alkyl halides is 3. The Labute approximate surface area is 176 Å². The van der Waals surface area contributed by atoms with Crippen molar-refractivity contribution in [2.45, 2.75) is 43.8 Å². The number of hydrogen-bond acceptors (Lipinski definition) is 5. The number of esters is 1. The second-order valence-corrected chi connectivity index (χ2v) is 7.61. The molecule has 1 aliphatic carbocycles. The van der Waals surface area contributed by atoms with Crippen molar-refractivity contribution in [1.29, 1.82) is 0 Å². The van der Waals surface area contributed by atoms with Crippen LogP contribution in [0.4, 0.5) is 23.7 Å². The van der Waals surface area contributed by atoms with Crippen LogP contribution in [0.1, 0.15) is 37.7 Å². The molecule has 3 rings (SSSR count). The SMILES string of the molecule is CN1C(=O)N(CC(=O)OCC(=O)Nc2ccc(C(F)(F)F)cc2)C(=O)C12CCCCC2. The number of benzene rings is 1. The zero-order valence-electron chi connectivity index (χ0n) is 16.8. The molecule has 2 aliphatic rings. The first-order valence-corrected chi connectivity index (χ1v) is 9.77. The van der Waals surface area contributed by atoms with Crippen LogP contribution in [-0.2, 0) is 25.3 Å². The van der Waals surface area contributed by atoms with E-state index < -0.39 is 54.2 Å². The van der Waals surface area contributed by atoms with Crippen molar-refractivity contribution in [2.24, 2.45) is 0 Å². The molecule has 1 saturated carbocycles. The van der Waals surface area contributed by atoms with Gasteiger partial charge < -0.3 is 15.0 Å². The monoisotopic (exact) mass is 441 g/mol. The van der Waals surface area contributed by atoms with Gasteiger partial charge in [-0.3, -0.25) is 19.3 Å². The molecule has 1 heterocycles. The molecule has 1 aromatic carbocycles. The van der Waals surface area contributed by atoms with E-state index in [1.54, 1.807) is 0 Å². The molecule has 1 aromatic rings. The number of halogens is 3. The molecular formula is C20H22F3N3O5. The second-order valence-electron chi connectivity index (χ2n) is 7.61. The van der Waals surface area contributed by atoms with Gasteiger partial charge in [0.1, 0.15) is 12.1 Å². The Morgan fingerprint density at radius 1 is 1.10 bits per heavy atom. The number of nitrogens with zero attached hydrogens (tertiary/aromatic N) is 2. The quantitative estimate of drug-likeness (QED) is 0.560. The van der Waals surface area contributed by atoms with Crippen LogP contribution >= 0.6 is 0 Å². The maximum atomic E-state index is 12.8. The number of anilines is 1. The highest BCUT2D eigenvalue weighted by atomic mass is 19.4. The lowest BCUT2D eigenvalue weighted by Gasteiger charge is -2.35. The summed E-state index contributed by atoms with van der Waals surface area (Å²) >= 11 is 0. The zero-order valence-corrected chi connectivity index (χ0v) is 16.8. The molecule has 0 aromatic heterocycles. The molecule has 1 saturated heterocycles. The maximum absolute atomic E-state index is 12.8. The standard InChI is InChI=1S/C20H22F3N3O5/c1-25-18(30)26(17(29)19(25)9-3-2-4-10-19)11-16(28)31-12-15(27)24-14-7-5-13(6-8-14)20(21,22)23/h5-8H,2-4,9-12H2,1H3,(H,24,27). The van der Waals surface area contributed by atoms with Crippen LogP contribution in [0.2, 0.25) is 0 Å². The average molecular weight is 441 g/mol. The number of carbonyl (C=O) groups is 4. The fourth-order valence-electron chi connectivity index (χ4n) is 3.93. The smallest absolute Gasteiger partial charge is 0.416 e. The van der Waals surface area contributed by atoms with Crippen LogP contribution in [-0.4, -0.2) is 59.4 Å². The lowest BCUT2D eigenvalue weighted by molar-refractivity contribution is -0.150. The number of nitrogens with one attached hydrogen (secondary N) is 1. The Morgan fingerprint density at radius 3 is 2.29 bits per heavy atom. The molecule has 31 heavy (non-hydrogen) atoms. The molecule has 1 spiro atoms. The number of carbonyl (C=O) groups excluding carboxylic acids is 4. The fraction of sp³-hybridized carbons (Fsp3) is 0.500. The molecule has 168 valence electrons. The van der Waals surface area contributed by atoms with Gasteiger partial charge in [0.05, 0.1) is 5.56 Å². The number of urea groups is 1. The van der Waals surface area contributed by atoms with Crippen LogP contribution in [0.5, 0.6) is 0 Å². The molecule has 0 unspecified atom stereocenters. The maximum Gasteiger partial charge on any atom is 0.416 e. The molecule has 0 radical (unpaired) electrons. The first-order valence-electron chi connectivity index (χ1n) is 9.77. The highest BCUT2D eigenvalue weighted by Crippen LogP contribution is 2.39. The van der Waals surface area contributed by atoms with Gasteiger partial charge in [-0.15, -0.1) is 0 Å². The van der Waals surface area contributed by atoms with E-state index in [4.69, 9.17) is 4.74 Å². The van der Waals surface area contributed by atoms with Crippen molar-refractivity contribution in [3.63, 3.8) is 0 Å². The normalized spacial score (nSPS) is 18.5. The summed E-state index contributed by atoms with van der Waals surface area (Å²) in [7, 11) is 1.54. The van der Waals surface area contributed by atoms with E-state index in [-0.39, 0.29) is 5.69 Å². The molecule has 4 amide bonds. The van der Waals surface area contributed by atoms with Crippen molar-refractivity contribution in [2.75, 3.05) is 25.5 Å². The minimum absolute atomic E-state index is 0.0970. The number of imide groups is 1. The van der Waals surface area contributed by atoms with Crippen LogP contribution in [0.25, 0.3) is 0 Å². The molecule has 0 atom stereocenters. The third kappa shape index (κ3) is 4.64. The molecule has 0 bridgehead atoms. The lowest BCUT2D eigenvalue weighted by Crippen LogP contribution is -2.49. The van der Waals surface area contributed by atoms with Gasteiger partial charge in [-0.05, 0) is 37.1 Å². The van der Waals surface area contributed by atoms with Crippen LogP contribution in [0.15, 0.2) is 24.3 Å². The van der Waals surface area contributed by atoms with Crippen LogP contribution in [0, 0.1) is 0 Å². The summed E-state index contributed by atoms with van der Waals surface area (Å²) in [6.07, 6.45) is -0.818. The Bertz CT molecular complexity index is 879. The van der Waals surface area contributed by atoms with Crippen LogP contribution < -0.4 is 5.32 Å². The topological polar surface area (TPSA) is 96.0 Å². The summed E-state index contributed by atoms with van der Waals surface area (Å²) in [5, 5.41) is 2.30. The Balaban J connectivity index is 1.51. The largest absolute Gasteiger partial charge is 0.454 e. The summed E-state index contributed by atoms with van der Waals surface area (Å²) in [4.78, 5) is 51.5. The Kier molecular flexibility index (Phi) is 6.23. The van der Waals surface area contributed by atoms with Gasteiger partial charge in [0.2, 0.25) is 0 Å². The number of amides is 4. The summed E-state index contributed by atoms with van der Waals surface area (Å²) in [6.45, 7) is -1.33. The van der Waals surface area contributed by atoms with Gasteiger partial charge in [-0.25, -0.2) is 4.79 Å². The molecule has 2 fully saturated rings. The van der Waals surface area contributed by atoms with Crippen molar-refractivity contribution in [1.82, 2.24) is 9.80 Å². The van der Waals surface area contributed by atoms with Crippen LogP contribution in [0.3, 0.4) is 0 Å². The van der Waals surface area contributed by atoms with E-state index in [9.17, 15) is 32.3 Å². The van der Waals surface area contributed by atoms with Gasteiger partial charge in [0.25, 0.3) is 11.8 Å². The molecule has 1 aliphatic heterocycles. The first kappa shape index (κ1) is 22.6. The van der Waals surface area contributed by atoms with Gasteiger partial charge in [-0.1, -0.05) is 19.3 Å². The van der Waals surface area contributed by atoms with Gasteiger partial charge in [0.15, 0.2) is 6.61 Å². The first-order chi connectivity index (χ1) is 14.5. The number of hydrogen-bond donors (Lipinski definition) is 1. The van der Waals surface area contributed by atoms with E-state index in [2.05, 4.69) is 5.32 Å². The molecule has 1 N–H and O–H groups in total. The summed E-state index contributed by atoms with van der Waals surface area (Å²) < 4.78 is 42.5. The third-order valence-electron chi connectivity index (χ3n) is 5.63. The molecular weight excluding hydrogens is 419 g/mol. The number of likely N-dealkylation sites (N-methyl/N-ethyl adjacent to an activating group) is 1. The van der Waals surface area contributed by atoms with Crippen molar-refractivity contribution in [3.8, 4) is 0 Å².